The molecule has 1 aliphatic carbocycles. The first-order chi connectivity index (χ1) is 22.8. The lowest BCUT2D eigenvalue weighted by Crippen LogP contribution is -2.59. The predicted octanol–water partition coefficient (Wildman–Crippen LogP) is 7.75. The van der Waals surface area contributed by atoms with Crippen LogP contribution < -0.4 is 10.2 Å². The van der Waals surface area contributed by atoms with Crippen molar-refractivity contribution in [3.8, 4) is 11.1 Å². The lowest BCUT2D eigenvalue weighted by molar-refractivity contribution is 0.0130. The number of piperazine rings is 1. The van der Waals surface area contributed by atoms with Gasteiger partial charge in [-0.15, -0.1) is 0 Å². The van der Waals surface area contributed by atoms with Crippen molar-refractivity contribution in [3.63, 3.8) is 0 Å². The molecule has 3 fully saturated rings. The molecule has 3 aliphatic rings. The summed E-state index contributed by atoms with van der Waals surface area (Å²) >= 11 is 9.23. The van der Waals surface area contributed by atoms with E-state index in [-0.39, 0.29) is 34.8 Å². The number of benzene rings is 2. The van der Waals surface area contributed by atoms with Gasteiger partial charge in [-0.05, 0) is 108 Å². The summed E-state index contributed by atoms with van der Waals surface area (Å²) in [6, 6.07) is 6.28. The fourth-order valence-corrected chi connectivity index (χ4v) is 8.17. The molecule has 2 atom stereocenters. The first-order valence-electron chi connectivity index (χ1n) is 16.9. The summed E-state index contributed by atoms with van der Waals surface area (Å²) < 4.78 is 23.7. The number of nitrogens with zero attached hydrogens (tertiary/aromatic N) is 6. The number of anilines is 2. The van der Waals surface area contributed by atoms with E-state index < -0.39 is 11.4 Å². The molecule has 1 saturated carbocycles. The second-order valence-electron chi connectivity index (χ2n) is 14.7. The third-order valence-electron chi connectivity index (χ3n) is 9.81. The van der Waals surface area contributed by atoms with Crippen molar-refractivity contribution in [3.05, 3.63) is 38.3 Å². The summed E-state index contributed by atoms with van der Waals surface area (Å²) in [5.74, 6) is 0.506. The molecule has 2 aliphatic heterocycles. The average Bonchev–Trinajstić information content (AvgIpc) is 3.81. The molecule has 1 amide bonds. The molecule has 48 heavy (non-hydrogen) atoms. The van der Waals surface area contributed by atoms with Gasteiger partial charge in [-0.2, -0.15) is 10.1 Å². The Morgan fingerprint density at radius 3 is 2.50 bits per heavy atom. The first-order valence-corrected chi connectivity index (χ1v) is 18.3. The number of aryl methyl sites for hydroxylation is 1. The van der Waals surface area contributed by atoms with Crippen LogP contribution in [0.2, 0.25) is 5.02 Å². The van der Waals surface area contributed by atoms with Gasteiger partial charge in [0.15, 0.2) is 5.82 Å². The molecular weight excluding hydrogens is 746 g/mol. The Morgan fingerprint density at radius 2 is 1.81 bits per heavy atom. The highest BCUT2D eigenvalue weighted by atomic mass is 127. The highest BCUT2D eigenvalue weighted by molar-refractivity contribution is 14.1. The molecule has 0 bridgehead atoms. The topological polar surface area (TPSA) is 103 Å². The van der Waals surface area contributed by atoms with Gasteiger partial charge >= 0.3 is 6.09 Å². The quantitative estimate of drug-likeness (QED) is 0.198. The number of fused-ring (bicyclic) bond motifs is 2. The third-order valence-corrected chi connectivity index (χ3v) is 10.9. The summed E-state index contributed by atoms with van der Waals surface area (Å²) in [6.45, 7) is 14.6. The zero-order valence-electron chi connectivity index (χ0n) is 28.3. The van der Waals surface area contributed by atoms with Crippen LogP contribution in [0.25, 0.3) is 32.9 Å². The minimum Gasteiger partial charge on any atom is -0.444 e. The Balaban J connectivity index is 1.32. The van der Waals surface area contributed by atoms with Gasteiger partial charge in [-0.1, -0.05) is 17.7 Å². The molecule has 10 nitrogen and oxygen atoms in total. The number of aromatic amines is 1. The van der Waals surface area contributed by atoms with Gasteiger partial charge < -0.3 is 24.8 Å². The van der Waals surface area contributed by atoms with Crippen LogP contribution in [0.5, 0.6) is 0 Å². The lowest BCUT2D eigenvalue weighted by Gasteiger charge is -2.45. The van der Waals surface area contributed by atoms with E-state index in [9.17, 15) is 4.79 Å². The van der Waals surface area contributed by atoms with Crippen LogP contribution in [0, 0.1) is 16.4 Å². The number of halogens is 3. The fraction of sp³-hybridized carbons (Fsp3) is 0.543. The number of rotatable bonds is 5. The highest BCUT2D eigenvalue weighted by Gasteiger charge is 2.37. The van der Waals surface area contributed by atoms with Crippen LogP contribution >= 0.6 is 34.2 Å². The number of ether oxygens (including phenoxy) is 1. The first kappa shape index (κ1) is 33.5. The minimum atomic E-state index is -0.599. The van der Waals surface area contributed by atoms with Crippen molar-refractivity contribution in [1.82, 2.24) is 30.0 Å². The maximum Gasteiger partial charge on any atom is 0.410 e. The predicted molar refractivity (Wildman–Crippen MR) is 197 cm³/mol. The van der Waals surface area contributed by atoms with Crippen LogP contribution in [0.3, 0.4) is 0 Å². The minimum absolute atomic E-state index is 0.133. The summed E-state index contributed by atoms with van der Waals surface area (Å²) in [7, 11) is 0. The maximum atomic E-state index is 17.2. The van der Waals surface area contributed by atoms with Crippen LogP contribution in [-0.4, -0.2) is 92.0 Å². The second-order valence-corrected chi connectivity index (χ2v) is 16.2. The molecule has 4 heterocycles. The van der Waals surface area contributed by atoms with Gasteiger partial charge in [0.25, 0.3) is 0 Å². The highest BCUT2D eigenvalue weighted by Crippen LogP contribution is 2.43. The molecule has 2 aromatic heterocycles. The number of H-pyrrole nitrogens is 1. The fourth-order valence-electron chi connectivity index (χ4n) is 7.22. The van der Waals surface area contributed by atoms with E-state index >= 15 is 4.39 Å². The Kier molecular flexibility index (Phi) is 8.89. The van der Waals surface area contributed by atoms with E-state index in [2.05, 4.69) is 54.8 Å². The van der Waals surface area contributed by atoms with Gasteiger partial charge in [0.1, 0.15) is 20.6 Å². The number of amides is 1. The Hall–Kier alpha value is -2.97. The third kappa shape index (κ3) is 6.39. The molecule has 0 radical (unpaired) electrons. The Morgan fingerprint density at radius 1 is 1.08 bits per heavy atom. The summed E-state index contributed by atoms with van der Waals surface area (Å²) in [5.41, 5.74) is 2.24. The average molecular weight is 789 g/mol. The zero-order valence-corrected chi connectivity index (χ0v) is 31.2. The molecule has 256 valence electrons. The number of hydrogen-bond donors (Lipinski definition) is 2. The SMILES string of the molecule is Cc1ccc2n[nH]c(I)c2c1-c1c(Cl)cc2c(N3CC(C)N(C(=O)OC(C)(C)C)CC3C)nc(NC3CCN(C4CC4)CC3)nc2c1F. The van der Waals surface area contributed by atoms with Gasteiger partial charge in [0.05, 0.1) is 10.5 Å². The van der Waals surface area contributed by atoms with Crippen LogP contribution in [-0.2, 0) is 4.74 Å². The zero-order chi connectivity index (χ0) is 34.1. The van der Waals surface area contributed by atoms with Crippen LogP contribution in [0.15, 0.2) is 18.2 Å². The van der Waals surface area contributed by atoms with Gasteiger partial charge in [-0.25, -0.2) is 14.2 Å². The number of carbonyl (C=O) groups excluding carboxylic acids is 1. The lowest BCUT2D eigenvalue weighted by atomic mass is 9.95. The van der Waals surface area contributed by atoms with Crippen molar-refractivity contribution in [2.24, 2.45) is 0 Å². The molecule has 2 N–H and O–H groups in total. The van der Waals surface area contributed by atoms with E-state index in [1.165, 1.54) is 12.8 Å². The molecule has 2 aromatic carbocycles. The van der Waals surface area contributed by atoms with E-state index in [4.69, 9.17) is 26.3 Å². The molecule has 4 aromatic rings. The van der Waals surface area contributed by atoms with Gasteiger partial charge in [0, 0.05) is 72.2 Å². The number of piperidine rings is 1. The summed E-state index contributed by atoms with van der Waals surface area (Å²) in [5, 5.41) is 12.7. The number of likely N-dealkylation sites (tertiary alicyclic amines) is 1. The molecular formula is C35H43ClFIN8O2. The van der Waals surface area contributed by atoms with E-state index in [0.717, 1.165) is 52.1 Å². The normalized spacial score (nSPS) is 21.4. The largest absolute Gasteiger partial charge is 0.444 e. The number of carbonyl (C=O) groups is 1. The number of nitrogens with one attached hydrogen (secondary N) is 2. The van der Waals surface area contributed by atoms with Crippen molar-refractivity contribution in [2.45, 2.75) is 97.0 Å². The van der Waals surface area contributed by atoms with Crippen molar-refractivity contribution in [1.29, 1.82) is 0 Å². The van der Waals surface area contributed by atoms with Crippen molar-refractivity contribution in [2.75, 3.05) is 36.4 Å². The Bertz CT molecular complexity index is 1880. The van der Waals surface area contributed by atoms with E-state index in [1.54, 1.807) is 11.0 Å². The van der Waals surface area contributed by atoms with Crippen LogP contribution in [0.1, 0.15) is 65.9 Å². The van der Waals surface area contributed by atoms with Gasteiger partial charge in [-0.3, -0.25) is 5.10 Å². The Labute approximate surface area is 299 Å². The van der Waals surface area contributed by atoms with Crippen molar-refractivity contribution < 1.29 is 13.9 Å². The smallest absolute Gasteiger partial charge is 0.410 e. The van der Waals surface area contributed by atoms with Crippen LogP contribution in [0.4, 0.5) is 21.0 Å². The monoisotopic (exact) mass is 788 g/mol. The molecule has 13 heteroatoms. The second kappa shape index (κ2) is 12.7. The maximum absolute atomic E-state index is 17.2. The molecule has 2 saturated heterocycles. The van der Waals surface area contributed by atoms with Crippen molar-refractivity contribution >= 4 is 73.9 Å². The molecule has 0 spiro atoms. The van der Waals surface area contributed by atoms with E-state index in [1.807, 2.05) is 46.8 Å². The van der Waals surface area contributed by atoms with Gasteiger partial charge in [0.2, 0.25) is 5.95 Å². The number of aromatic nitrogens is 4. The molecule has 7 rings (SSSR count). The summed E-state index contributed by atoms with van der Waals surface area (Å²) in [4.78, 5) is 29.6. The number of hydrogen-bond acceptors (Lipinski definition) is 8. The summed E-state index contributed by atoms with van der Waals surface area (Å²) in [6.07, 6.45) is 4.20. The standard InChI is InChI=1S/C35H43ClFIN8O2/c1-18-7-10-25-28(31(38)43-42-25)26(18)27-24(36)15-23-30(29(27)37)40-33(39-21-11-13-44(14-12-21)22-8-9-22)41-32(23)45-16-20(3)46(17-19(45)2)34(47)48-35(4,5)6/h7,10,15,19-22H,8-9,11-14,16-17H2,1-6H3,(H,42,43)(H,39,40,41). The van der Waals surface area contributed by atoms with E-state index in [0.29, 0.717) is 41.4 Å². The molecule has 2 unspecified atom stereocenters.